The van der Waals surface area contributed by atoms with Crippen LogP contribution in [0.3, 0.4) is 0 Å². The highest BCUT2D eigenvalue weighted by molar-refractivity contribution is 8.06. The summed E-state index contributed by atoms with van der Waals surface area (Å²) in [5.74, 6) is 3.74. The van der Waals surface area contributed by atoms with Gasteiger partial charge in [0.1, 0.15) is 0 Å². The molecule has 2 N–H and O–H groups in total. The fourth-order valence-electron chi connectivity index (χ4n) is 2.72. The van der Waals surface area contributed by atoms with Gasteiger partial charge < -0.3 is 10.6 Å². The number of hydrogen-bond donors (Lipinski definition) is 2. The molecule has 3 nitrogen and oxygen atoms in total. The molecule has 2 aliphatic heterocycles. The Kier molecular flexibility index (Phi) is 4.91. The van der Waals surface area contributed by atoms with E-state index in [0.717, 1.165) is 25.4 Å². The number of carbonyl (C=O) groups excluding carboxylic acids is 1. The summed E-state index contributed by atoms with van der Waals surface area (Å²) < 4.78 is 0. The van der Waals surface area contributed by atoms with Gasteiger partial charge in [0.2, 0.25) is 5.91 Å². The predicted octanol–water partition coefficient (Wildman–Crippen LogP) is 1.84. The fourth-order valence-corrected chi connectivity index (χ4v) is 5.33. The first-order valence-electron chi connectivity index (χ1n) is 7.10. The number of nitrogens with one attached hydrogen (secondary N) is 2. The first kappa shape index (κ1) is 14.3. The van der Waals surface area contributed by atoms with Crippen LogP contribution >= 0.6 is 23.5 Å². The molecule has 0 aliphatic carbocycles. The molecule has 0 saturated carbocycles. The molecule has 1 amide bonds. The van der Waals surface area contributed by atoms with E-state index in [-0.39, 0.29) is 11.8 Å². The summed E-state index contributed by atoms with van der Waals surface area (Å²) in [5.41, 5.74) is 2.44. The van der Waals surface area contributed by atoms with Crippen LogP contribution in [-0.4, -0.2) is 41.5 Å². The van der Waals surface area contributed by atoms with Crippen LogP contribution in [0.15, 0.2) is 24.3 Å². The van der Waals surface area contributed by atoms with Gasteiger partial charge in [0.05, 0.1) is 5.92 Å². The van der Waals surface area contributed by atoms with Gasteiger partial charge in [0, 0.05) is 42.1 Å². The zero-order valence-electron chi connectivity index (χ0n) is 11.4. The molecule has 0 radical (unpaired) electrons. The molecule has 0 aromatic heterocycles. The molecule has 1 aromatic rings. The van der Waals surface area contributed by atoms with Crippen LogP contribution in [0.2, 0.25) is 0 Å². The zero-order chi connectivity index (χ0) is 13.8. The van der Waals surface area contributed by atoms with Gasteiger partial charge in [-0.3, -0.25) is 4.79 Å². The molecule has 2 unspecified atom stereocenters. The molecule has 1 aromatic carbocycles. The Labute approximate surface area is 128 Å². The molecule has 2 atom stereocenters. The molecular weight excluding hydrogens is 288 g/mol. The molecule has 0 spiro atoms. The Bertz CT molecular complexity index is 475. The number of carbonyl (C=O) groups is 1. The van der Waals surface area contributed by atoms with Crippen molar-refractivity contribution in [3.05, 3.63) is 35.4 Å². The SMILES string of the molecule is O=C(NCC1CSCCS1)C1CNCc2ccccc21. The molecule has 1 saturated heterocycles. The summed E-state index contributed by atoms with van der Waals surface area (Å²) in [5, 5.41) is 7.06. The molecule has 1 fully saturated rings. The molecule has 108 valence electrons. The average Bonchev–Trinajstić information content (AvgIpc) is 2.53. The second-order valence-electron chi connectivity index (χ2n) is 5.20. The van der Waals surface area contributed by atoms with Crippen molar-refractivity contribution < 1.29 is 4.79 Å². The molecular formula is C15H20N2OS2. The smallest absolute Gasteiger partial charge is 0.228 e. The maximum Gasteiger partial charge on any atom is 0.228 e. The highest BCUT2D eigenvalue weighted by atomic mass is 32.2. The maximum atomic E-state index is 12.4. The molecule has 0 bridgehead atoms. The van der Waals surface area contributed by atoms with Gasteiger partial charge in [-0.2, -0.15) is 23.5 Å². The van der Waals surface area contributed by atoms with Gasteiger partial charge in [-0.25, -0.2) is 0 Å². The minimum absolute atomic E-state index is 0.0406. The molecule has 3 rings (SSSR count). The summed E-state index contributed by atoms with van der Waals surface area (Å²) in [6.07, 6.45) is 0. The summed E-state index contributed by atoms with van der Waals surface area (Å²) in [6, 6.07) is 8.26. The summed E-state index contributed by atoms with van der Waals surface area (Å²) in [7, 11) is 0. The third-order valence-corrected chi connectivity index (χ3v) is 6.64. The minimum atomic E-state index is -0.0406. The van der Waals surface area contributed by atoms with Gasteiger partial charge in [-0.15, -0.1) is 0 Å². The number of thioether (sulfide) groups is 2. The number of fused-ring (bicyclic) bond motifs is 1. The van der Waals surface area contributed by atoms with Crippen LogP contribution in [0.25, 0.3) is 0 Å². The van der Waals surface area contributed by atoms with Gasteiger partial charge in [0.15, 0.2) is 0 Å². The summed E-state index contributed by atoms with van der Waals surface area (Å²) in [6.45, 7) is 2.42. The number of amides is 1. The van der Waals surface area contributed by atoms with E-state index >= 15 is 0 Å². The largest absolute Gasteiger partial charge is 0.354 e. The van der Waals surface area contributed by atoms with Crippen molar-refractivity contribution in [2.45, 2.75) is 17.7 Å². The second kappa shape index (κ2) is 6.87. The van der Waals surface area contributed by atoms with Gasteiger partial charge in [-0.05, 0) is 11.1 Å². The van der Waals surface area contributed by atoms with E-state index in [1.165, 1.54) is 22.6 Å². The van der Waals surface area contributed by atoms with Crippen LogP contribution in [0.5, 0.6) is 0 Å². The quantitative estimate of drug-likeness (QED) is 0.894. The maximum absolute atomic E-state index is 12.4. The summed E-state index contributed by atoms with van der Waals surface area (Å²) >= 11 is 3.98. The van der Waals surface area contributed by atoms with Crippen molar-refractivity contribution in [3.8, 4) is 0 Å². The van der Waals surface area contributed by atoms with Crippen LogP contribution in [0, 0.1) is 0 Å². The highest BCUT2D eigenvalue weighted by Gasteiger charge is 2.26. The van der Waals surface area contributed by atoms with Gasteiger partial charge in [-0.1, -0.05) is 24.3 Å². The lowest BCUT2D eigenvalue weighted by Gasteiger charge is -2.27. The summed E-state index contributed by atoms with van der Waals surface area (Å²) in [4.78, 5) is 12.4. The van der Waals surface area contributed by atoms with Gasteiger partial charge in [0.25, 0.3) is 0 Å². The lowest BCUT2D eigenvalue weighted by Crippen LogP contribution is -2.41. The third-order valence-electron chi connectivity index (χ3n) is 3.80. The topological polar surface area (TPSA) is 41.1 Å². The van der Waals surface area contributed by atoms with Crippen LogP contribution in [0.4, 0.5) is 0 Å². The first-order chi connectivity index (χ1) is 9.84. The van der Waals surface area contributed by atoms with E-state index in [9.17, 15) is 4.79 Å². The van der Waals surface area contributed by atoms with E-state index in [1.807, 2.05) is 35.7 Å². The van der Waals surface area contributed by atoms with Crippen molar-refractivity contribution in [1.29, 1.82) is 0 Å². The normalized spacial score (nSPS) is 25.8. The van der Waals surface area contributed by atoms with E-state index in [4.69, 9.17) is 0 Å². The Morgan fingerprint density at radius 2 is 2.25 bits per heavy atom. The van der Waals surface area contributed by atoms with Gasteiger partial charge >= 0.3 is 0 Å². The van der Waals surface area contributed by atoms with Crippen molar-refractivity contribution in [3.63, 3.8) is 0 Å². The highest BCUT2D eigenvalue weighted by Crippen LogP contribution is 2.25. The standard InChI is InChI=1S/C15H20N2OS2/c18-15(17-8-12-10-19-5-6-20-12)14-9-16-7-11-3-1-2-4-13(11)14/h1-4,12,14,16H,5-10H2,(H,17,18). The number of rotatable bonds is 3. The monoisotopic (exact) mass is 308 g/mol. The van der Waals surface area contributed by atoms with E-state index in [1.54, 1.807) is 0 Å². The predicted molar refractivity (Wildman–Crippen MR) is 87.5 cm³/mol. The van der Waals surface area contributed by atoms with Crippen molar-refractivity contribution >= 4 is 29.4 Å². The lowest BCUT2D eigenvalue weighted by atomic mass is 9.90. The second-order valence-corrected chi connectivity index (χ2v) is 7.75. The van der Waals surface area contributed by atoms with E-state index in [0.29, 0.717) is 5.25 Å². The molecule has 20 heavy (non-hydrogen) atoms. The molecule has 2 aliphatic rings. The zero-order valence-corrected chi connectivity index (χ0v) is 13.1. The van der Waals surface area contributed by atoms with Crippen molar-refractivity contribution in [2.24, 2.45) is 0 Å². The Morgan fingerprint density at radius 1 is 1.35 bits per heavy atom. The number of hydrogen-bond acceptors (Lipinski definition) is 4. The van der Waals surface area contributed by atoms with E-state index in [2.05, 4.69) is 22.8 Å². The fraction of sp³-hybridized carbons (Fsp3) is 0.533. The Balaban J connectivity index is 1.60. The molecule has 5 heteroatoms. The Hall–Kier alpha value is -0.650. The number of benzene rings is 1. The Morgan fingerprint density at radius 3 is 3.10 bits per heavy atom. The van der Waals surface area contributed by atoms with Crippen molar-refractivity contribution in [1.82, 2.24) is 10.6 Å². The van der Waals surface area contributed by atoms with E-state index < -0.39 is 0 Å². The average molecular weight is 308 g/mol. The van der Waals surface area contributed by atoms with Crippen molar-refractivity contribution in [2.75, 3.05) is 30.3 Å². The molecule has 2 heterocycles. The lowest BCUT2D eigenvalue weighted by molar-refractivity contribution is -0.122. The first-order valence-corrected chi connectivity index (χ1v) is 9.30. The van der Waals surface area contributed by atoms with Crippen LogP contribution in [0.1, 0.15) is 17.0 Å². The van der Waals surface area contributed by atoms with Crippen LogP contribution < -0.4 is 10.6 Å². The minimum Gasteiger partial charge on any atom is -0.354 e. The van der Waals surface area contributed by atoms with Crippen LogP contribution in [-0.2, 0) is 11.3 Å². The third kappa shape index (κ3) is 3.32.